The van der Waals surface area contributed by atoms with Crippen LogP contribution >= 0.6 is 0 Å². The van der Waals surface area contributed by atoms with Crippen LogP contribution in [0.15, 0.2) is 35.9 Å². The third-order valence-corrected chi connectivity index (χ3v) is 5.60. The topological polar surface area (TPSA) is 85.3 Å². The summed E-state index contributed by atoms with van der Waals surface area (Å²) in [5, 5.41) is 11.2. The number of carbonyl (C=O) groups is 2. The van der Waals surface area contributed by atoms with Gasteiger partial charge in [0, 0.05) is 31.2 Å². The third kappa shape index (κ3) is 4.16. The Kier molecular flexibility index (Phi) is 6.92. The van der Waals surface area contributed by atoms with Gasteiger partial charge >= 0.3 is 5.97 Å². The summed E-state index contributed by atoms with van der Waals surface area (Å²) in [7, 11) is 2.89. The summed E-state index contributed by atoms with van der Waals surface area (Å²) in [5.74, 6) is -0.357. The van der Waals surface area contributed by atoms with Gasteiger partial charge in [-0.1, -0.05) is 31.5 Å². The highest BCUT2D eigenvalue weighted by atomic mass is 16.5. The van der Waals surface area contributed by atoms with Gasteiger partial charge in [-0.15, -0.1) is 0 Å². The van der Waals surface area contributed by atoms with Crippen molar-refractivity contribution in [3.63, 3.8) is 0 Å². The lowest BCUT2D eigenvalue weighted by Crippen LogP contribution is -2.56. The van der Waals surface area contributed by atoms with Gasteiger partial charge in [0.05, 0.1) is 25.7 Å². The first-order valence-corrected chi connectivity index (χ1v) is 10.1. The molecule has 0 unspecified atom stereocenters. The zero-order valence-corrected chi connectivity index (χ0v) is 17.2. The summed E-state index contributed by atoms with van der Waals surface area (Å²) in [5.41, 5.74) is 1.25. The molecule has 3 rings (SSSR count). The molecule has 1 aromatic carbocycles. The molecule has 29 heavy (non-hydrogen) atoms. The Morgan fingerprint density at radius 2 is 2.00 bits per heavy atom. The molecule has 1 aliphatic heterocycles. The molecule has 1 amide bonds. The number of para-hydroxylation sites is 1. The van der Waals surface area contributed by atoms with Crippen LogP contribution in [-0.2, 0) is 19.1 Å². The van der Waals surface area contributed by atoms with Crippen LogP contribution in [0.4, 0.5) is 0 Å². The van der Waals surface area contributed by atoms with Crippen molar-refractivity contribution in [3.05, 3.63) is 41.5 Å². The number of fused-ring (bicyclic) bond motifs is 3. The van der Waals surface area contributed by atoms with E-state index in [4.69, 9.17) is 14.2 Å². The van der Waals surface area contributed by atoms with Crippen LogP contribution in [0.1, 0.15) is 37.7 Å². The molecule has 1 heterocycles. The van der Waals surface area contributed by atoms with E-state index in [-0.39, 0.29) is 5.91 Å². The van der Waals surface area contributed by atoms with E-state index in [1.807, 2.05) is 31.2 Å². The van der Waals surface area contributed by atoms with Gasteiger partial charge in [0.15, 0.2) is 0 Å². The van der Waals surface area contributed by atoms with Crippen molar-refractivity contribution < 1.29 is 28.9 Å². The Bertz CT molecular complexity index is 776. The fourth-order valence-electron chi connectivity index (χ4n) is 4.12. The monoisotopic (exact) mass is 403 g/mol. The molecule has 0 aromatic heterocycles. The second-order valence-corrected chi connectivity index (χ2v) is 7.38. The molecule has 1 N–H and O–H groups in total. The van der Waals surface area contributed by atoms with E-state index in [9.17, 15) is 14.7 Å². The number of rotatable bonds is 8. The molecule has 0 fully saturated rings. The lowest BCUT2D eigenvalue weighted by molar-refractivity contribution is -0.141. The number of methoxy groups -OCH3 is 2. The number of ether oxygens (including phenoxy) is 3. The molecule has 0 bridgehead atoms. The minimum atomic E-state index is -0.983. The Morgan fingerprint density at radius 3 is 2.69 bits per heavy atom. The number of hydrogen-bond acceptors (Lipinski definition) is 6. The van der Waals surface area contributed by atoms with Crippen molar-refractivity contribution in [1.29, 1.82) is 0 Å². The predicted octanol–water partition coefficient (Wildman–Crippen LogP) is 2.04. The van der Waals surface area contributed by atoms with Crippen molar-refractivity contribution in [2.45, 2.75) is 50.4 Å². The van der Waals surface area contributed by atoms with Gasteiger partial charge in [-0.2, -0.15) is 0 Å². The molecular formula is C22H29NO6. The zero-order valence-electron chi connectivity index (χ0n) is 17.2. The van der Waals surface area contributed by atoms with Gasteiger partial charge in [0.2, 0.25) is 5.91 Å². The summed E-state index contributed by atoms with van der Waals surface area (Å²) in [6.45, 7) is 2.67. The van der Waals surface area contributed by atoms with Crippen LogP contribution in [-0.4, -0.2) is 67.5 Å². The molecule has 0 spiro atoms. The lowest BCUT2D eigenvalue weighted by atomic mass is 9.78. The lowest BCUT2D eigenvalue weighted by Gasteiger charge is -2.40. The highest BCUT2D eigenvalue weighted by molar-refractivity contribution is 5.91. The standard InChI is InChI=1S/C22H29NO6/c1-4-5-10-18(24)23(11-12-27-2)16-13-15(22(26)28-3)19-14-8-6-7-9-17(14)29-21(19)20(16)25/h6-9,13,16,19-21,25H,4-5,10-12H2,1-3H3/t16-,19+,20+,21+/m1/s1. The summed E-state index contributed by atoms with van der Waals surface area (Å²) < 4.78 is 16.2. The molecule has 1 aromatic rings. The van der Waals surface area contributed by atoms with Gasteiger partial charge < -0.3 is 24.2 Å². The molecule has 158 valence electrons. The van der Waals surface area contributed by atoms with Crippen LogP contribution < -0.4 is 4.74 Å². The van der Waals surface area contributed by atoms with Crippen molar-refractivity contribution >= 4 is 11.9 Å². The van der Waals surface area contributed by atoms with Gasteiger partial charge in [-0.25, -0.2) is 4.79 Å². The minimum Gasteiger partial charge on any atom is -0.486 e. The van der Waals surface area contributed by atoms with Crippen molar-refractivity contribution in [3.8, 4) is 5.75 Å². The average Bonchev–Trinajstić information content (AvgIpc) is 3.13. The zero-order chi connectivity index (χ0) is 21.0. The van der Waals surface area contributed by atoms with E-state index in [1.165, 1.54) is 7.11 Å². The predicted molar refractivity (Wildman–Crippen MR) is 107 cm³/mol. The molecule has 7 heteroatoms. The van der Waals surface area contributed by atoms with Crippen molar-refractivity contribution in [1.82, 2.24) is 4.90 Å². The quantitative estimate of drug-likeness (QED) is 0.669. The summed E-state index contributed by atoms with van der Waals surface area (Å²) >= 11 is 0. The Balaban J connectivity index is 1.99. The second-order valence-electron chi connectivity index (χ2n) is 7.38. The molecule has 7 nitrogen and oxygen atoms in total. The van der Waals surface area contributed by atoms with E-state index >= 15 is 0 Å². The Morgan fingerprint density at radius 1 is 1.24 bits per heavy atom. The first kappa shape index (κ1) is 21.3. The normalized spacial score (nSPS) is 24.8. The highest BCUT2D eigenvalue weighted by Gasteiger charge is 2.50. The van der Waals surface area contributed by atoms with Crippen LogP contribution in [0.3, 0.4) is 0 Å². The van der Waals surface area contributed by atoms with Gasteiger partial charge in [-0.3, -0.25) is 4.79 Å². The van der Waals surface area contributed by atoms with Crippen LogP contribution in [0, 0.1) is 0 Å². The number of aliphatic hydroxyl groups excluding tert-OH is 1. The number of aliphatic hydroxyl groups is 1. The van der Waals surface area contributed by atoms with Gasteiger partial charge in [0.1, 0.15) is 18.0 Å². The van der Waals surface area contributed by atoms with E-state index < -0.39 is 30.1 Å². The fraction of sp³-hybridized carbons (Fsp3) is 0.545. The van der Waals surface area contributed by atoms with E-state index in [1.54, 1.807) is 18.1 Å². The highest BCUT2D eigenvalue weighted by Crippen LogP contribution is 2.47. The van der Waals surface area contributed by atoms with Crippen LogP contribution in [0.25, 0.3) is 0 Å². The smallest absolute Gasteiger partial charge is 0.334 e. The molecule has 1 aliphatic carbocycles. The molecule has 0 radical (unpaired) electrons. The van der Waals surface area contributed by atoms with E-state index in [2.05, 4.69) is 0 Å². The Labute approximate surface area is 171 Å². The summed E-state index contributed by atoms with van der Waals surface area (Å²) in [4.78, 5) is 27.1. The molecule has 2 aliphatic rings. The number of nitrogens with zero attached hydrogens (tertiary/aromatic N) is 1. The number of carbonyl (C=O) groups excluding carboxylic acids is 2. The average molecular weight is 403 g/mol. The molecule has 0 saturated heterocycles. The first-order chi connectivity index (χ1) is 14.0. The molecule has 4 atom stereocenters. The number of unbranched alkanes of at least 4 members (excludes halogenated alkanes) is 1. The van der Waals surface area contributed by atoms with Crippen molar-refractivity contribution in [2.75, 3.05) is 27.4 Å². The summed E-state index contributed by atoms with van der Waals surface area (Å²) in [6.07, 6.45) is 2.04. The molecular weight excluding hydrogens is 374 g/mol. The van der Waals surface area contributed by atoms with Crippen LogP contribution in [0.5, 0.6) is 5.75 Å². The second kappa shape index (κ2) is 9.41. The number of benzene rings is 1. The number of hydrogen-bond donors (Lipinski definition) is 1. The maximum absolute atomic E-state index is 12.9. The van der Waals surface area contributed by atoms with E-state index in [0.29, 0.717) is 30.9 Å². The summed E-state index contributed by atoms with van der Waals surface area (Å²) in [6, 6.07) is 6.73. The maximum Gasteiger partial charge on any atom is 0.334 e. The van der Waals surface area contributed by atoms with Crippen LogP contribution in [0.2, 0.25) is 0 Å². The van der Waals surface area contributed by atoms with Crippen molar-refractivity contribution in [2.24, 2.45) is 0 Å². The Hall–Kier alpha value is -2.38. The van der Waals surface area contributed by atoms with E-state index in [0.717, 1.165) is 18.4 Å². The number of esters is 1. The largest absolute Gasteiger partial charge is 0.486 e. The fourth-order valence-corrected chi connectivity index (χ4v) is 4.12. The number of amides is 1. The third-order valence-electron chi connectivity index (χ3n) is 5.60. The first-order valence-electron chi connectivity index (χ1n) is 10.1. The van der Waals surface area contributed by atoms with Gasteiger partial charge in [0.25, 0.3) is 0 Å². The maximum atomic E-state index is 12.9. The molecule has 0 saturated carbocycles. The minimum absolute atomic E-state index is 0.0811. The SMILES string of the molecule is CCCCC(=O)N(CCOC)[C@@H]1C=C(C(=O)OC)[C@@H]2c3ccccc3O[C@@H]2[C@H]1O. The van der Waals surface area contributed by atoms with Gasteiger partial charge in [-0.05, 0) is 18.6 Å².